The van der Waals surface area contributed by atoms with Crippen LogP contribution in [0.25, 0.3) is 0 Å². The summed E-state index contributed by atoms with van der Waals surface area (Å²) >= 11 is 0. The van der Waals surface area contributed by atoms with Crippen LogP contribution in [0.1, 0.15) is 120 Å². The van der Waals surface area contributed by atoms with E-state index in [1.807, 2.05) is 0 Å². The predicted molar refractivity (Wildman–Crippen MR) is 151 cm³/mol. The quantitative estimate of drug-likeness (QED) is 0.300. The largest absolute Gasteiger partial charge is 0.469 e. The summed E-state index contributed by atoms with van der Waals surface area (Å²) in [4.78, 5) is 13.6. The standard InChI is InChI=1S/C34H54O3/c1-11-34-21-18-30(7)23(31(34,8)15-14-25(35)28(34,4)5)12-13-24-29(30,6)17-20-33(26(36)37-10)19-16-27(2,3)22-32(24,33)9/h11,13,23,25,35H,1,12,14-22H2,2-10H3/t23?,25-,29+,30+,31+,32-,33+,34-/m0/s1. The summed E-state index contributed by atoms with van der Waals surface area (Å²) in [5, 5.41) is 11.2. The molecule has 5 rings (SSSR count). The molecule has 0 aromatic rings. The van der Waals surface area contributed by atoms with Gasteiger partial charge in [0, 0.05) is 16.2 Å². The lowest BCUT2D eigenvalue weighted by Crippen LogP contribution is -2.70. The zero-order valence-electron chi connectivity index (χ0n) is 25.4. The molecule has 0 radical (unpaired) electrons. The molecule has 0 amide bonds. The van der Waals surface area contributed by atoms with E-state index in [0.29, 0.717) is 5.92 Å². The molecule has 0 saturated heterocycles. The van der Waals surface area contributed by atoms with Crippen LogP contribution < -0.4 is 0 Å². The highest BCUT2D eigenvalue weighted by atomic mass is 16.5. The number of carbonyl (C=O) groups is 1. The summed E-state index contributed by atoms with van der Waals surface area (Å²) in [5.74, 6) is 0.545. The van der Waals surface area contributed by atoms with Crippen molar-refractivity contribution >= 4 is 5.97 Å². The van der Waals surface area contributed by atoms with Crippen molar-refractivity contribution in [2.75, 3.05) is 7.11 Å². The van der Waals surface area contributed by atoms with Gasteiger partial charge < -0.3 is 9.84 Å². The second-order valence-electron chi connectivity index (χ2n) is 16.3. The van der Waals surface area contributed by atoms with Crippen LogP contribution in [-0.2, 0) is 9.53 Å². The third kappa shape index (κ3) is 2.91. The first-order valence-corrected chi connectivity index (χ1v) is 15.1. The normalized spacial score (nSPS) is 51.9. The maximum atomic E-state index is 13.6. The van der Waals surface area contributed by atoms with Gasteiger partial charge in [0.1, 0.15) is 0 Å². The molecule has 5 aliphatic rings. The molecular formula is C34H54O3. The second-order valence-corrected chi connectivity index (χ2v) is 16.3. The van der Waals surface area contributed by atoms with Crippen molar-refractivity contribution in [3.63, 3.8) is 0 Å². The first kappa shape index (κ1) is 27.5. The molecule has 4 fully saturated rings. The zero-order chi connectivity index (χ0) is 27.5. The van der Waals surface area contributed by atoms with Crippen molar-refractivity contribution in [1.82, 2.24) is 0 Å². The molecule has 4 saturated carbocycles. The van der Waals surface area contributed by atoms with E-state index >= 15 is 0 Å². The molecule has 37 heavy (non-hydrogen) atoms. The van der Waals surface area contributed by atoms with Gasteiger partial charge in [0.25, 0.3) is 0 Å². The van der Waals surface area contributed by atoms with E-state index in [-0.39, 0.29) is 50.0 Å². The minimum atomic E-state index is -0.411. The van der Waals surface area contributed by atoms with Crippen LogP contribution in [0.2, 0.25) is 0 Å². The van der Waals surface area contributed by atoms with E-state index in [4.69, 9.17) is 4.74 Å². The Morgan fingerprint density at radius 2 is 1.57 bits per heavy atom. The van der Waals surface area contributed by atoms with Crippen LogP contribution in [0.4, 0.5) is 0 Å². The second kappa shape index (κ2) is 7.76. The van der Waals surface area contributed by atoms with E-state index in [0.717, 1.165) is 64.2 Å². The average Bonchev–Trinajstić information content (AvgIpc) is 2.81. The number of esters is 1. The molecule has 1 unspecified atom stereocenters. The molecule has 1 N–H and O–H groups in total. The van der Waals surface area contributed by atoms with Crippen molar-refractivity contribution in [1.29, 1.82) is 0 Å². The minimum absolute atomic E-state index is 0.0185. The summed E-state index contributed by atoms with van der Waals surface area (Å²) in [6.07, 6.45) is 14.8. The molecule has 0 spiro atoms. The highest BCUT2D eigenvalue weighted by molar-refractivity contribution is 5.79. The van der Waals surface area contributed by atoms with Gasteiger partial charge in [-0.05, 0) is 91.8 Å². The Kier molecular flexibility index (Phi) is 5.76. The third-order valence-corrected chi connectivity index (χ3v) is 14.6. The Balaban J connectivity index is 1.68. The smallest absolute Gasteiger partial charge is 0.312 e. The van der Waals surface area contributed by atoms with E-state index in [9.17, 15) is 9.90 Å². The fourth-order valence-electron chi connectivity index (χ4n) is 12.2. The van der Waals surface area contributed by atoms with E-state index in [1.165, 1.54) is 0 Å². The predicted octanol–water partition coefficient (Wildman–Crippen LogP) is 8.27. The highest BCUT2D eigenvalue weighted by Gasteiger charge is 2.74. The summed E-state index contributed by atoms with van der Waals surface area (Å²) in [6, 6.07) is 0. The molecule has 8 atom stereocenters. The van der Waals surface area contributed by atoms with E-state index in [2.05, 4.69) is 74.1 Å². The summed E-state index contributed by atoms with van der Waals surface area (Å²) < 4.78 is 5.57. The Labute approximate surface area is 226 Å². The van der Waals surface area contributed by atoms with Crippen LogP contribution in [0.15, 0.2) is 24.3 Å². The highest BCUT2D eigenvalue weighted by Crippen LogP contribution is 2.80. The topological polar surface area (TPSA) is 46.5 Å². The molecule has 0 heterocycles. The zero-order valence-corrected chi connectivity index (χ0v) is 25.4. The number of rotatable bonds is 2. The first-order valence-electron chi connectivity index (χ1n) is 15.1. The van der Waals surface area contributed by atoms with Crippen LogP contribution >= 0.6 is 0 Å². The van der Waals surface area contributed by atoms with Crippen LogP contribution in [0.3, 0.4) is 0 Å². The molecule has 3 nitrogen and oxygen atoms in total. The van der Waals surface area contributed by atoms with Gasteiger partial charge in [-0.15, -0.1) is 6.58 Å². The number of carbonyl (C=O) groups excluding carboxylic acids is 1. The lowest BCUT2D eigenvalue weighted by molar-refractivity contribution is -0.241. The van der Waals surface area contributed by atoms with Gasteiger partial charge >= 0.3 is 5.97 Å². The number of methoxy groups -OCH3 is 1. The monoisotopic (exact) mass is 510 g/mol. The van der Waals surface area contributed by atoms with Crippen LogP contribution in [0.5, 0.6) is 0 Å². The minimum Gasteiger partial charge on any atom is -0.469 e. The Hall–Kier alpha value is -1.09. The molecule has 5 aliphatic carbocycles. The van der Waals surface area contributed by atoms with Crippen molar-refractivity contribution in [3.05, 3.63) is 24.3 Å². The Morgan fingerprint density at radius 1 is 0.919 bits per heavy atom. The molecule has 3 heteroatoms. The Bertz CT molecular complexity index is 1040. The molecule has 0 aromatic heterocycles. The summed E-state index contributed by atoms with van der Waals surface area (Å²) in [6.45, 7) is 23.9. The maximum Gasteiger partial charge on any atom is 0.312 e. The molecule has 0 aliphatic heterocycles. The van der Waals surface area contributed by atoms with Crippen LogP contribution in [-0.4, -0.2) is 24.3 Å². The number of allylic oxidation sites excluding steroid dienone is 3. The van der Waals surface area contributed by atoms with E-state index < -0.39 is 5.41 Å². The number of fused-ring (bicyclic) bond motifs is 7. The van der Waals surface area contributed by atoms with Gasteiger partial charge in [0.05, 0.1) is 18.6 Å². The van der Waals surface area contributed by atoms with E-state index in [1.54, 1.807) is 12.7 Å². The van der Waals surface area contributed by atoms with Gasteiger partial charge in [0.15, 0.2) is 0 Å². The number of hydrogen-bond donors (Lipinski definition) is 1. The molecule has 0 bridgehead atoms. The number of hydrogen-bond acceptors (Lipinski definition) is 3. The third-order valence-electron chi connectivity index (χ3n) is 14.6. The first-order chi connectivity index (χ1) is 17.0. The molecular weight excluding hydrogens is 456 g/mol. The van der Waals surface area contributed by atoms with Gasteiger partial charge in [-0.1, -0.05) is 73.1 Å². The van der Waals surface area contributed by atoms with Crippen molar-refractivity contribution in [2.24, 2.45) is 49.2 Å². The fourth-order valence-corrected chi connectivity index (χ4v) is 12.2. The average molecular weight is 511 g/mol. The fraction of sp³-hybridized carbons (Fsp3) is 0.853. The summed E-state index contributed by atoms with van der Waals surface area (Å²) in [5.41, 5.74) is 1.18. The number of ether oxygens (including phenoxy) is 1. The van der Waals surface area contributed by atoms with Gasteiger partial charge in [-0.2, -0.15) is 0 Å². The lowest BCUT2D eigenvalue weighted by Gasteiger charge is -2.75. The Morgan fingerprint density at radius 3 is 2.19 bits per heavy atom. The van der Waals surface area contributed by atoms with Crippen LogP contribution in [0, 0.1) is 49.2 Å². The molecule has 0 aromatic carbocycles. The maximum absolute atomic E-state index is 13.6. The van der Waals surface area contributed by atoms with Gasteiger partial charge in [-0.25, -0.2) is 0 Å². The number of aliphatic hydroxyl groups is 1. The lowest BCUT2D eigenvalue weighted by atomic mass is 9.28. The summed E-state index contributed by atoms with van der Waals surface area (Å²) in [7, 11) is 1.59. The number of aliphatic hydroxyl groups excluding tert-OH is 1. The van der Waals surface area contributed by atoms with Crippen molar-refractivity contribution in [3.8, 4) is 0 Å². The SMILES string of the molecule is C=C[C@@]12CC[C@]3(C)C(CC=C4[C@]5(C)CC(C)(C)CC[C@]5(C(=O)OC)CC[C@]43C)[C@@]1(C)CC[C@H](O)C2(C)C. The molecule has 208 valence electrons. The van der Waals surface area contributed by atoms with Crippen molar-refractivity contribution in [2.45, 2.75) is 126 Å². The van der Waals surface area contributed by atoms with Crippen molar-refractivity contribution < 1.29 is 14.6 Å². The van der Waals surface area contributed by atoms with Gasteiger partial charge in [0.2, 0.25) is 0 Å². The van der Waals surface area contributed by atoms with Gasteiger partial charge in [-0.3, -0.25) is 4.79 Å².